The fraction of sp³-hybridized carbons (Fsp3) is 0.417. The van der Waals surface area contributed by atoms with E-state index in [4.69, 9.17) is 16.7 Å². The Hall–Kier alpha value is -0.720. The minimum Gasteiger partial charge on any atom is -0.480 e. The summed E-state index contributed by atoms with van der Waals surface area (Å²) in [5.74, 6) is -0.727. The summed E-state index contributed by atoms with van der Waals surface area (Å²) >= 11 is 6.85. The van der Waals surface area contributed by atoms with E-state index in [9.17, 15) is 13.2 Å². The zero-order valence-corrected chi connectivity index (χ0v) is 12.8. The van der Waals surface area contributed by atoms with Gasteiger partial charge in [-0.3, -0.25) is 4.79 Å². The standard InChI is InChI=1S/C12H15ClO4S2/c1-2-11(12(14)15)18-7-8-19(16,17)10-5-3-9(13)4-6-10/h3-6,11H,2,7-8H2,1H3,(H,14,15). The molecule has 1 aromatic carbocycles. The van der Waals surface area contributed by atoms with E-state index in [0.29, 0.717) is 11.4 Å². The van der Waals surface area contributed by atoms with Gasteiger partial charge in [0.25, 0.3) is 0 Å². The summed E-state index contributed by atoms with van der Waals surface area (Å²) in [5.41, 5.74) is 0. The topological polar surface area (TPSA) is 71.4 Å². The molecule has 7 heteroatoms. The molecular weight excluding hydrogens is 308 g/mol. The van der Waals surface area contributed by atoms with Crippen LogP contribution in [0.25, 0.3) is 0 Å². The highest BCUT2D eigenvalue weighted by atomic mass is 35.5. The van der Waals surface area contributed by atoms with Crippen molar-refractivity contribution in [3.05, 3.63) is 29.3 Å². The Morgan fingerprint density at radius 2 is 1.95 bits per heavy atom. The van der Waals surface area contributed by atoms with E-state index in [-0.39, 0.29) is 16.4 Å². The lowest BCUT2D eigenvalue weighted by Crippen LogP contribution is -2.18. The minimum atomic E-state index is -3.38. The van der Waals surface area contributed by atoms with E-state index in [1.807, 2.05) is 0 Å². The van der Waals surface area contributed by atoms with Crippen molar-refractivity contribution in [2.24, 2.45) is 0 Å². The van der Waals surface area contributed by atoms with Gasteiger partial charge in [-0.05, 0) is 30.7 Å². The second-order valence-electron chi connectivity index (χ2n) is 3.88. The molecule has 0 bridgehead atoms. The molecule has 1 N–H and O–H groups in total. The Morgan fingerprint density at radius 3 is 2.42 bits per heavy atom. The Labute approximate surface area is 122 Å². The molecule has 1 unspecified atom stereocenters. The van der Waals surface area contributed by atoms with Crippen LogP contribution >= 0.6 is 23.4 Å². The van der Waals surface area contributed by atoms with Crippen molar-refractivity contribution >= 4 is 39.2 Å². The number of carboxylic acids is 1. The van der Waals surface area contributed by atoms with Gasteiger partial charge < -0.3 is 5.11 Å². The van der Waals surface area contributed by atoms with E-state index in [1.165, 1.54) is 24.3 Å². The average molecular weight is 323 g/mol. The van der Waals surface area contributed by atoms with Gasteiger partial charge >= 0.3 is 5.97 Å². The lowest BCUT2D eigenvalue weighted by Gasteiger charge is -2.09. The molecule has 4 nitrogen and oxygen atoms in total. The second kappa shape index (κ2) is 7.17. The fourth-order valence-electron chi connectivity index (χ4n) is 1.42. The number of rotatable bonds is 7. The maximum absolute atomic E-state index is 12.0. The first kappa shape index (κ1) is 16.3. The number of sulfone groups is 1. The largest absolute Gasteiger partial charge is 0.480 e. The lowest BCUT2D eigenvalue weighted by atomic mass is 10.3. The molecular formula is C12H15ClO4S2. The van der Waals surface area contributed by atoms with Crippen LogP contribution < -0.4 is 0 Å². The van der Waals surface area contributed by atoms with E-state index in [0.717, 1.165) is 11.8 Å². The van der Waals surface area contributed by atoms with Gasteiger partial charge in [-0.25, -0.2) is 8.42 Å². The van der Waals surface area contributed by atoms with Crippen molar-refractivity contribution in [1.82, 2.24) is 0 Å². The third-order valence-electron chi connectivity index (χ3n) is 2.49. The number of thioether (sulfide) groups is 1. The molecule has 106 valence electrons. The third kappa shape index (κ3) is 5.04. The molecule has 0 aliphatic carbocycles. The van der Waals surface area contributed by atoms with Crippen LogP contribution in [0, 0.1) is 0 Å². The first-order valence-corrected chi connectivity index (χ1v) is 8.77. The summed E-state index contributed by atoms with van der Waals surface area (Å²) in [6, 6.07) is 5.95. The Morgan fingerprint density at radius 1 is 1.37 bits per heavy atom. The Bertz CT molecular complexity index is 525. The molecule has 0 radical (unpaired) electrons. The van der Waals surface area contributed by atoms with Crippen molar-refractivity contribution in [3.8, 4) is 0 Å². The zero-order chi connectivity index (χ0) is 14.5. The van der Waals surface area contributed by atoms with Crippen LogP contribution in [0.5, 0.6) is 0 Å². The number of hydrogen-bond donors (Lipinski definition) is 1. The molecule has 1 rings (SSSR count). The number of hydrogen-bond acceptors (Lipinski definition) is 4. The van der Waals surface area contributed by atoms with Gasteiger partial charge in [0.2, 0.25) is 0 Å². The molecule has 0 aliphatic heterocycles. The maximum Gasteiger partial charge on any atom is 0.316 e. The minimum absolute atomic E-state index is 0.0803. The normalized spacial score (nSPS) is 13.2. The van der Waals surface area contributed by atoms with Crippen LogP contribution in [0.1, 0.15) is 13.3 Å². The summed E-state index contributed by atoms with van der Waals surface area (Å²) in [6.45, 7) is 1.76. The van der Waals surface area contributed by atoms with Gasteiger partial charge in [0.1, 0.15) is 5.25 Å². The number of halogens is 1. The summed E-state index contributed by atoms with van der Waals surface area (Å²) < 4.78 is 24.0. The number of carbonyl (C=O) groups is 1. The predicted molar refractivity (Wildman–Crippen MR) is 77.7 cm³/mol. The summed E-state index contributed by atoms with van der Waals surface area (Å²) in [5, 5.41) is 8.79. The third-order valence-corrected chi connectivity index (χ3v) is 6.11. The van der Waals surface area contributed by atoms with Gasteiger partial charge in [0, 0.05) is 10.8 Å². The lowest BCUT2D eigenvalue weighted by molar-refractivity contribution is -0.136. The molecule has 0 spiro atoms. The molecule has 1 atom stereocenters. The highest BCUT2D eigenvalue weighted by Crippen LogP contribution is 2.19. The Balaban J connectivity index is 2.61. The molecule has 0 aliphatic rings. The van der Waals surface area contributed by atoms with E-state index < -0.39 is 21.1 Å². The SMILES string of the molecule is CCC(SCCS(=O)(=O)c1ccc(Cl)cc1)C(=O)O. The molecule has 0 aromatic heterocycles. The molecule has 1 aromatic rings. The van der Waals surface area contributed by atoms with Gasteiger partial charge in [-0.15, -0.1) is 11.8 Å². The van der Waals surface area contributed by atoms with Crippen LogP contribution in [0.4, 0.5) is 0 Å². The monoisotopic (exact) mass is 322 g/mol. The van der Waals surface area contributed by atoms with E-state index in [1.54, 1.807) is 6.92 Å². The molecule has 0 saturated carbocycles. The van der Waals surface area contributed by atoms with Crippen molar-refractivity contribution in [2.75, 3.05) is 11.5 Å². The average Bonchev–Trinajstić information content (AvgIpc) is 2.34. The summed E-state index contributed by atoms with van der Waals surface area (Å²) in [6.07, 6.45) is 0.473. The van der Waals surface area contributed by atoms with E-state index >= 15 is 0 Å². The van der Waals surface area contributed by atoms with E-state index in [2.05, 4.69) is 0 Å². The van der Waals surface area contributed by atoms with Crippen LogP contribution in [-0.2, 0) is 14.6 Å². The first-order valence-electron chi connectivity index (χ1n) is 5.69. The van der Waals surface area contributed by atoms with Crippen LogP contribution in [0.3, 0.4) is 0 Å². The van der Waals surface area contributed by atoms with Crippen molar-refractivity contribution in [2.45, 2.75) is 23.5 Å². The molecule has 0 amide bonds. The second-order valence-corrected chi connectivity index (χ2v) is 7.73. The fourth-order valence-corrected chi connectivity index (χ4v) is 4.26. The predicted octanol–water partition coefficient (Wildman–Crippen LogP) is 2.71. The van der Waals surface area contributed by atoms with Crippen molar-refractivity contribution in [1.29, 1.82) is 0 Å². The number of carboxylic acid groups (broad SMARTS) is 1. The number of benzene rings is 1. The smallest absolute Gasteiger partial charge is 0.316 e. The molecule has 0 saturated heterocycles. The first-order chi connectivity index (χ1) is 8.86. The summed E-state index contributed by atoms with van der Waals surface area (Å²) in [7, 11) is -3.38. The zero-order valence-electron chi connectivity index (χ0n) is 10.4. The molecule has 19 heavy (non-hydrogen) atoms. The van der Waals surface area contributed by atoms with Crippen LogP contribution in [0.15, 0.2) is 29.2 Å². The Kier molecular flexibility index (Phi) is 6.16. The van der Waals surface area contributed by atoms with Crippen LogP contribution in [0.2, 0.25) is 5.02 Å². The quantitative estimate of drug-likeness (QED) is 0.835. The number of aliphatic carboxylic acids is 1. The van der Waals surface area contributed by atoms with Crippen molar-refractivity contribution < 1.29 is 18.3 Å². The van der Waals surface area contributed by atoms with Gasteiger partial charge in [0.05, 0.1) is 10.6 Å². The van der Waals surface area contributed by atoms with Crippen molar-refractivity contribution in [3.63, 3.8) is 0 Å². The van der Waals surface area contributed by atoms with Gasteiger partial charge in [-0.2, -0.15) is 0 Å². The summed E-state index contributed by atoms with van der Waals surface area (Å²) in [4.78, 5) is 11.0. The molecule has 0 heterocycles. The van der Waals surface area contributed by atoms with Crippen LogP contribution in [-0.4, -0.2) is 36.2 Å². The molecule has 0 fully saturated rings. The van der Waals surface area contributed by atoms with Gasteiger partial charge in [0.15, 0.2) is 9.84 Å². The highest BCUT2D eigenvalue weighted by molar-refractivity contribution is 8.01. The maximum atomic E-state index is 12.0. The highest BCUT2D eigenvalue weighted by Gasteiger charge is 2.19. The van der Waals surface area contributed by atoms with Gasteiger partial charge in [-0.1, -0.05) is 18.5 Å².